The van der Waals surface area contributed by atoms with Crippen molar-refractivity contribution in [1.82, 2.24) is 4.98 Å². The minimum Gasteiger partial charge on any atom is -0.493 e. The van der Waals surface area contributed by atoms with Gasteiger partial charge in [0.15, 0.2) is 0 Å². The Morgan fingerprint density at radius 3 is 2.89 bits per heavy atom. The highest BCUT2D eigenvalue weighted by atomic mass is 16.6. The van der Waals surface area contributed by atoms with Gasteiger partial charge in [-0.15, -0.1) is 0 Å². The Balaban J connectivity index is 2.50. The summed E-state index contributed by atoms with van der Waals surface area (Å²) in [7, 11) is 0. The molecule has 1 heterocycles. The molecule has 100 valence electrons. The molecular formula is C13H15N3O3. The van der Waals surface area contributed by atoms with Crippen LogP contribution in [0.15, 0.2) is 24.4 Å². The summed E-state index contributed by atoms with van der Waals surface area (Å²) in [6.45, 7) is 2.87. The van der Waals surface area contributed by atoms with Gasteiger partial charge in [0, 0.05) is 23.3 Å². The third-order valence-corrected chi connectivity index (χ3v) is 2.78. The molecule has 2 aromatic rings. The Hall–Kier alpha value is -2.21. The number of non-ortho nitro benzene ring substituents is 1. The van der Waals surface area contributed by atoms with Gasteiger partial charge in [-0.2, -0.15) is 0 Å². The van der Waals surface area contributed by atoms with Gasteiger partial charge in [-0.05, 0) is 32.0 Å². The monoisotopic (exact) mass is 261 g/mol. The number of fused-ring (bicyclic) bond motifs is 1. The van der Waals surface area contributed by atoms with Crippen LogP contribution < -0.4 is 10.5 Å². The summed E-state index contributed by atoms with van der Waals surface area (Å²) in [6, 6.07) is 4.85. The highest BCUT2D eigenvalue weighted by Gasteiger charge is 2.15. The second kappa shape index (κ2) is 5.62. The van der Waals surface area contributed by atoms with Crippen molar-refractivity contribution in [1.29, 1.82) is 0 Å². The van der Waals surface area contributed by atoms with E-state index in [9.17, 15) is 10.1 Å². The zero-order valence-corrected chi connectivity index (χ0v) is 10.6. The SMILES string of the molecule is Cc1cc2c(OCCCN)ccc([N+](=O)[O-])c2cn1. The van der Waals surface area contributed by atoms with Crippen LogP contribution in [0.2, 0.25) is 0 Å². The molecule has 0 radical (unpaired) electrons. The first-order valence-corrected chi connectivity index (χ1v) is 6.00. The normalized spacial score (nSPS) is 10.6. The molecule has 0 aliphatic heterocycles. The lowest BCUT2D eigenvalue weighted by molar-refractivity contribution is -0.383. The first-order chi connectivity index (χ1) is 9.13. The minimum atomic E-state index is -0.414. The van der Waals surface area contributed by atoms with E-state index < -0.39 is 4.92 Å². The lowest BCUT2D eigenvalue weighted by atomic mass is 10.1. The smallest absolute Gasteiger partial charge is 0.279 e. The number of rotatable bonds is 5. The lowest BCUT2D eigenvalue weighted by Crippen LogP contribution is -2.06. The topological polar surface area (TPSA) is 91.3 Å². The second-order valence-electron chi connectivity index (χ2n) is 4.20. The van der Waals surface area contributed by atoms with Gasteiger partial charge in [0.25, 0.3) is 5.69 Å². The Kier molecular flexibility index (Phi) is 3.91. The number of ether oxygens (including phenoxy) is 1. The van der Waals surface area contributed by atoms with Crippen molar-refractivity contribution in [2.45, 2.75) is 13.3 Å². The molecule has 0 atom stereocenters. The first-order valence-electron chi connectivity index (χ1n) is 6.00. The summed E-state index contributed by atoms with van der Waals surface area (Å²) < 4.78 is 5.62. The van der Waals surface area contributed by atoms with Crippen LogP contribution in [0, 0.1) is 17.0 Å². The van der Waals surface area contributed by atoms with E-state index >= 15 is 0 Å². The van der Waals surface area contributed by atoms with Crippen molar-refractivity contribution < 1.29 is 9.66 Å². The van der Waals surface area contributed by atoms with Crippen LogP contribution in [0.4, 0.5) is 5.69 Å². The van der Waals surface area contributed by atoms with Gasteiger partial charge in [-0.1, -0.05) is 0 Å². The minimum absolute atomic E-state index is 0.0358. The maximum Gasteiger partial charge on any atom is 0.279 e. The number of nitro benzene ring substituents is 1. The van der Waals surface area contributed by atoms with Gasteiger partial charge in [0.2, 0.25) is 0 Å². The summed E-state index contributed by atoms with van der Waals surface area (Å²) in [5.41, 5.74) is 6.24. The molecule has 19 heavy (non-hydrogen) atoms. The standard InChI is InChI=1S/C13H15N3O3/c1-9-7-10-11(8-15-9)12(16(17)18)3-4-13(10)19-6-2-5-14/h3-4,7-8H,2,5-6,14H2,1H3. The van der Waals surface area contributed by atoms with Crippen molar-refractivity contribution in [3.05, 3.63) is 40.2 Å². The third-order valence-electron chi connectivity index (χ3n) is 2.78. The first kappa shape index (κ1) is 13.2. The van der Waals surface area contributed by atoms with E-state index in [1.54, 1.807) is 12.1 Å². The molecule has 1 aromatic carbocycles. The molecule has 0 bridgehead atoms. The van der Waals surface area contributed by atoms with E-state index in [0.717, 1.165) is 12.1 Å². The molecule has 2 rings (SSSR count). The van der Waals surface area contributed by atoms with Crippen molar-refractivity contribution in [3.8, 4) is 5.75 Å². The number of nitrogens with two attached hydrogens (primary N) is 1. The molecule has 0 amide bonds. The quantitative estimate of drug-likeness (QED) is 0.506. The van der Waals surface area contributed by atoms with Gasteiger partial charge in [-0.25, -0.2) is 0 Å². The van der Waals surface area contributed by atoms with Crippen molar-refractivity contribution in [2.75, 3.05) is 13.2 Å². The Morgan fingerprint density at radius 1 is 1.42 bits per heavy atom. The Morgan fingerprint density at radius 2 is 2.21 bits per heavy atom. The molecule has 0 saturated carbocycles. The number of nitro groups is 1. The van der Waals surface area contributed by atoms with Crippen LogP contribution in [-0.2, 0) is 0 Å². The zero-order valence-electron chi connectivity index (χ0n) is 10.6. The Bertz CT molecular complexity index is 613. The summed E-state index contributed by atoms with van der Waals surface area (Å²) in [5.74, 6) is 0.625. The van der Waals surface area contributed by atoms with E-state index in [4.69, 9.17) is 10.5 Å². The molecule has 2 N–H and O–H groups in total. The average molecular weight is 261 g/mol. The van der Waals surface area contributed by atoms with Gasteiger partial charge >= 0.3 is 0 Å². The highest BCUT2D eigenvalue weighted by molar-refractivity contribution is 5.95. The molecular weight excluding hydrogens is 246 g/mol. The van der Waals surface area contributed by atoms with E-state index in [-0.39, 0.29) is 5.69 Å². The van der Waals surface area contributed by atoms with E-state index in [1.807, 2.05) is 6.92 Å². The highest BCUT2D eigenvalue weighted by Crippen LogP contribution is 2.32. The molecule has 6 nitrogen and oxygen atoms in total. The van der Waals surface area contributed by atoms with Gasteiger partial charge in [0.05, 0.1) is 16.9 Å². The van der Waals surface area contributed by atoms with E-state index in [1.165, 1.54) is 12.3 Å². The second-order valence-corrected chi connectivity index (χ2v) is 4.20. The van der Waals surface area contributed by atoms with Crippen LogP contribution >= 0.6 is 0 Å². The summed E-state index contributed by atoms with van der Waals surface area (Å²) in [5, 5.41) is 12.2. The summed E-state index contributed by atoms with van der Waals surface area (Å²) >= 11 is 0. The van der Waals surface area contributed by atoms with Crippen molar-refractivity contribution >= 4 is 16.5 Å². The fourth-order valence-corrected chi connectivity index (χ4v) is 1.85. The molecule has 6 heteroatoms. The molecule has 0 spiro atoms. The van der Waals surface area contributed by atoms with Crippen LogP contribution in [0.3, 0.4) is 0 Å². The largest absolute Gasteiger partial charge is 0.493 e. The predicted molar refractivity (Wildman–Crippen MR) is 72.3 cm³/mol. The van der Waals surface area contributed by atoms with Gasteiger partial charge in [0.1, 0.15) is 5.75 Å². The van der Waals surface area contributed by atoms with Crippen molar-refractivity contribution in [3.63, 3.8) is 0 Å². The third kappa shape index (κ3) is 2.79. The predicted octanol–water partition coefficient (Wildman–Crippen LogP) is 2.18. The van der Waals surface area contributed by atoms with Gasteiger partial charge in [-0.3, -0.25) is 15.1 Å². The molecule has 1 aromatic heterocycles. The maximum atomic E-state index is 11.0. The number of aromatic nitrogens is 1. The Labute approximate surface area is 110 Å². The number of pyridine rings is 1. The number of hydrogen-bond acceptors (Lipinski definition) is 5. The number of hydrogen-bond donors (Lipinski definition) is 1. The number of nitrogens with zero attached hydrogens (tertiary/aromatic N) is 2. The van der Waals surface area contributed by atoms with Crippen LogP contribution in [0.5, 0.6) is 5.75 Å². The number of aryl methyl sites for hydroxylation is 1. The molecule has 0 fully saturated rings. The van der Waals surface area contributed by atoms with Crippen LogP contribution in [-0.4, -0.2) is 23.1 Å². The summed E-state index contributed by atoms with van der Waals surface area (Å²) in [4.78, 5) is 14.7. The average Bonchev–Trinajstić information content (AvgIpc) is 2.38. The van der Waals surface area contributed by atoms with E-state index in [0.29, 0.717) is 29.7 Å². The van der Waals surface area contributed by atoms with E-state index in [2.05, 4.69) is 4.98 Å². The molecule has 0 aliphatic carbocycles. The molecule has 0 aliphatic rings. The van der Waals surface area contributed by atoms with Crippen LogP contribution in [0.1, 0.15) is 12.1 Å². The fraction of sp³-hybridized carbons (Fsp3) is 0.308. The maximum absolute atomic E-state index is 11.0. The molecule has 0 saturated heterocycles. The van der Waals surface area contributed by atoms with Crippen molar-refractivity contribution in [2.24, 2.45) is 5.73 Å². The van der Waals surface area contributed by atoms with Gasteiger partial charge < -0.3 is 10.5 Å². The lowest BCUT2D eigenvalue weighted by Gasteiger charge is -2.09. The number of benzene rings is 1. The van der Waals surface area contributed by atoms with Crippen LogP contribution in [0.25, 0.3) is 10.8 Å². The molecule has 0 unspecified atom stereocenters. The fourth-order valence-electron chi connectivity index (χ4n) is 1.85. The zero-order chi connectivity index (χ0) is 13.8. The summed E-state index contributed by atoms with van der Waals surface area (Å²) in [6.07, 6.45) is 2.25.